The molecule has 8 nitrogen and oxygen atoms in total. The van der Waals surface area contributed by atoms with Gasteiger partial charge in [0.2, 0.25) is 5.91 Å². The minimum Gasteiger partial charge on any atom is -0.343 e. The molecule has 172 valence electrons. The number of aromatic nitrogens is 3. The minimum absolute atomic E-state index is 0.0519. The van der Waals surface area contributed by atoms with E-state index >= 15 is 0 Å². The lowest BCUT2D eigenvalue weighted by Gasteiger charge is -2.32. The van der Waals surface area contributed by atoms with Crippen LogP contribution in [0.25, 0.3) is 22.4 Å². The molecule has 0 radical (unpaired) electrons. The second kappa shape index (κ2) is 8.49. The number of piperazine rings is 1. The summed E-state index contributed by atoms with van der Waals surface area (Å²) in [4.78, 5) is 33.6. The van der Waals surface area contributed by atoms with Gasteiger partial charge in [0.05, 0.1) is 29.4 Å². The standard InChI is InChI=1S/C25H30N6O2/c1-25(2,3)16-31-21-9-8-20(27-23(21)29(5)24(31)33)19-12-17(6-7-18(19)13-26)14-30-11-10-28(4)22(32)15-30/h6-9,12H,10-11,14-16H2,1-5H3. The minimum atomic E-state index is -0.0985. The lowest BCUT2D eigenvalue weighted by Crippen LogP contribution is -2.47. The van der Waals surface area contributed by atoms with E-state index in [4.69, 9.17) is 4.98 Å². The number of nitrogens with zero attached hydrogens (tertiary/aromatic N) is 6. The highest BCUT2D eigenvalue weighted by Crippen LogP contribution is 2.27. The Bertz CT molecular complexity index is 1320. The van der Waals surface area contributed by atoms with Gasteiger partial charge >= 0.3 is 5.69 Å². The molecule has 1 aromatic carbocycles. The van der Waals surface area contributed by atoms with E-state index in [1.54, 1.807) is 27.1 Å². The normalized spacial score (nSPS) is 15.3. The van der Waals surface area contributed by atoms with Crippen molar-refractivity contribution in [2.45, 2.75) is 33.9 Å². The first-order valence-electron chi connectivity index (χ1n) is 11.1. The molecular weight excluding hydrogens is 416 g/mol. The van der Waals surface area contributed by atoms with Crippen LogP contribution in [0.2, 0.25) is 0 Å². The van der Waals surface area contributed by atoms with Gasteiger partial charge in [0, 0.05) is 45.8 Å². The Labute approximate surface area is 193 Å². The summed E-state index contributed by atoms with van der Waals surface area (Å²) in [6.07, 6.45) is 0. The highest BCUT2D eigenvalue weighted by molar-refractivity contribution is 5.79. The second-order valence-electron chi connectivity index (χ2n) is 10.0. The lowest BCUT2D eigenvalue weighted by atomic mass is 9.97. The van der Waals surface area contributed by atoms with Crippen LogP contribution in [0.15, 0.2) is 35.1 Å². The Morgan fingerprint density at radius 1 is 1.09 bits per heavy atom. The number of aryl methyl sites for hydroxylation is 1. The van der Waals surface area contributed by atoms with E-state index in [2.05, 4.69) is 31.7 Å². The SMILES string of the molecule is CN1CCN(Cc2ccc(C#N)c(-c3ccc4c(n3)n(C)c(=O)n4CC(C)(C)C)c2)CC1=O. The number of carbonyl (C=O) groups is 1. The number of amides is 1. The summed E-state index contributed by atoms with van der Waals surface area (Å²) in [5.41, 5.74) is 4.16. The Morgan fingerprint density at radius 2 is 1.85 bits per heavy atom. The number of rotatable bonds is 4. The molecule has 0 saturated carbocycles. The number of likely N-dealkylation sites (N-methyl/N-ethyl adjacent to an activating group) is 1. The van der Waals surface area contributed by atoms with Crippen molar-refractivity contribution in [1.29, 1.82) is 5.26 Å². The van der Waals surface area contributed by atoms with E-state index in [0.29, 0.717) is 43.1 Å². The quantitative estimate of drug-likeness (QED) is 0.615. The molecule has 0 bridgehead atoms. The molecule has 8 heteroatoms. The zero-order valence-corrected chi connectivity index (χ0v) is 19.9. The largest absolute Gasteiger partial charge is 0.343 e. The molecule has 1 saturated heterocycles. The average molecular weight is 447 g/mol. The fourth-order valence-corrected chi connectivity index (χ4v) is 4.25. The average Bonchev–Trinajstić information content (AvgIpc) is 2.99. The van der Waals surface area contributed by atoms with Crippen LogP contribution in [-0.4, -0.2) is 56.5 Å². The third kappa shape index (κ3) is 4.55. The van der Waals surface area contributed by atoms with Crippen LogP contribution in [0, 0.1) is 16.7 Å². The van der Waals surface area contributed by atoms with Gasteiger partial charge in [-0.15, -0.1) is 0 Å². The fourth-order valence-electron chi connectivity index (χ4n) is 4.25. The van der Waals surface area contributed by atoms with E-state index in [1.807, 2.05) is 31.3 Å². The van der Waals surface area contributed by atoms with Crippen LogP contribution in [0.3, 0.4) is 0 Å². The van der Waals surface area contributed by atoms with E-state index in [0.717, 1.165) is 23.2 Å². The van der Waals surface area contributed by atoms with Crippen LogP contribution in [0.5, 0.6) is 0 Å². The first-order chi connectivity index (χ1) is 15.6. The van der Waals surface area contributed by atoms with E-state index in [1.165, 1.54) is 0 Å². The maximum atomic E-state index is 12.9. The van der Waals surface area contributed by atoms with Gasteiger partial charge in [0.25, 0.3) is 0 Å². The Balaban J connectivity index is 1.72. The number of benzene rings is 1. The van der Waals surface area contributed by atoms with Crippen molar-refractivity contribution in [3.05, 3.63) is 51.9 Å². The van der Waals surface area contributed by atoms with Crippen LogP contribution in [0.1, 0.15) is 31.9 Å². The zero-order valence-electron chi connectivity index (χ0n) is 19.9. The number of imidazole rings is 1. The van der Waals surface area contributed by atoms with Gasteiger partial charge in [-0.3, -0.25) is 18.8 Å². The second-order valence-corrected chi connectivity index (χ2v) is 10.0. The molecule has 0 unspecified atom stereocenters. The van der Waals surface area contributed by atoms with Crippen LogP contribution in [-0.2, 0) is 24.9 Å². The van der Waals surface area contributed by atoms with E-state index < -0.39 is 0 Å². The summed E-state index contributed by atoms with van der Waals surface area (Å²) in [7, 11) is 3.55. The summed E-state index contributed by atoms with van der Waals surface area (Å²) in [6.45, 7) is 9.41. The number of hydrogen-bond acceptors (Lipinski definition) is 5. The van der Waals surface area contributed by atoms with Crippen LogP contribution in [0.4, 0.5) is 0 Å². The predicted molar refractivity (Wildman–Crippen MR) is 127 cm³/mol. The maximum Gasteiger partial charge on any atom is 0.330 e. The van der Waals surface area contributed by atoms with E-state index in [9.17, 15) is 14.9 Å². The summed E-state index contributed by atoms with van der Waals surface area (Å²) >= 11 is 0. The van der Waals surface area contributed by atoms with Crippen LogP contribution < -0.4 is 5.69 Å². The summed E-state index contributed by atoms with van der Waals surface area (Å²) in [5, 5.41) is 9.70. The Morgan fingerprint density at radius 3 is 2.52 bits per heavy atom. The maximum absolute atomic E-state index is 12.9. The van der Waals surface area contributed by atoms with Gasteiger partial charge in [-0.1, -0.05) is 26.8 Å². The molecule has 0 aliphatic carbocycles. The molecule has 4 rings (SSSR count). The van der Waals surface area contributed by atoms with Crippen molar-refractivity contribution in [2.24, 2.45) is 12.5 Å². The number of nitriles is 1. The summed E-state index contributed by atoms with van der Waals surface area (Å²) < 4.78 is 3.33. The Kier molecular flexibility index (Phi) is 5.85. The molecule has 1 amide bonds. The van der Waals surface area contributed by atoms with Gasteiger partial charge in [0.15, 0.2) is 5.65 Å². The fraction of sp³-hybridized carbons (Fsp3) is 0.440. The molecule has 0 N–H and O–H groups in total. The molecule has 2 aromatic heterocycles. The zero-order chi connectivity index (χ0) is 23.9. The van der Waals surface area contributed by atoms with E-state index in [-0.39, 0.29) is 17.0 Å². The van der Waals surface area contributed by atoms with Crippen molar-refractivity contribution in [2.75, 3.05) is 26.7 Å². The molecule has 33 heavy (non-hydrogen) atoms. The molecular formula is C25H30N6O2. The first-order valence-corrected chi connectivity index (χ1v) is 11.1. The number of fused-ring (bicyclic) bond motifs is 1. The van der Waals surface area contributed by atoms with Crippen molar-refractivity contribution in [1.82, 2.24) is 23.9 Å². The molecule has 0 spiro atoms. The van der Waals surface area contributed by atoms with Gasteiger partial charge in [-0.2, -0.15) is 5.26 Å². The smallest absolute Gasteiger partial charge is 0.330 e. The number of carbonyl (C=O) groups excluding carboxylic acids is 1. The highest BCUT2D eigenvalue weighted by atomic mass is 16.2. The molecule has 0 atom stereocenters. The summed E-state index contributed by atoms with van der Waals surface area (Å²) in [5.74, 6) is 0.114. The van der Waals surface area contributed by atoms with Gasteiger partial charge < -0.3 is 4.90 Å². The molecule has 1 aliphatic rings. The predicted octanol–water partition coefficient (Wildman–Crippen LogP) is 2.59. The van der Waals surface area contributed by atoms with Crippen molar-refractivity contribution in [3.63, 3.8) is 0 Å². The van der Waals surface area contributed by atoms with Gasteiger partial charge in [0.1, 0.15) is 0 Å². The van der Waals surface area contributed by atoms with Gasteiger partial charge in [-0.05, 0) is 35.2 Å². The third-order valence-electron chi connectivity index (χ3n) is 6.04. The van der Waals surface area contributed by atoms with Crippen molar-refractivity contribution in [3.8, 4) is 17.3 Å². The van der Waals surface area contributed by atoms with Crippen molar-refractivity contribution >= 4 is 17.1 Å². The van der Waals surface area contributed by atoms with Crippen molar-refractivity contribution < 1.29 is 4.79 Å². The third-order valence-corrected chi connectivity index (χ3v) is 6.04. The number of pyridine rings is 1. The van der Waals surface area contributed by atoms with Gasteiger partial charge in [-0.25, -0.2) is 9.78 Å². The Hall–Kier alpha value is -3.44. The highest BCUT2D eigenvalue weighted by Gasteiger charge is 2.22. The lowest BCUT2D eigenvalue weighted by molar-refractivity contribution is -0.134. The molecule has 3 aromatic rings. The molecule has 3 heterocycles. The summed E-state index contributed by atoms with van der Waals surface area (Å²) in [6, 6.07) is 11.8. The molecule has 1 aliphatic heterocycles. The molecule has 1 fully saturated rings. The number of hydrogen-bond donors (Lipinski definition) is 0. The topological polar surface area (TPSA) is 87.2 Å². The van der Waals surface area contributed by atoms with Crippen LogP contribution >= 0.6 is 0 Å². The monoisotopic (exact) mass is 446 g/mol. The first kappa shape index (κ1) is 22.7.